The van der Waals surface area contributed by atoms with Crippen LogP contribution in [0.25, 0.3) is 10.9 Å². The third kappa shape index (κ3) is 2.73. The molecule has 0 amide bonds. The predicted octanol–water partition coefficient (Wildman–Crippen LogP) is 1.47. The first-order chi connectivity index (χ1) is 10.9. The van der Waals surface area contributed by atoms with Gasteiger partial charge in [0.25, 0.3) is 10.0 Å². The van der Waals surface area contributed by atoms with Gasteiger partial charge in [-0.25, -0.2) is 13.2 Å². The van der Waals surface area contributed by atoms with Crippen LogP contribution in [0.15, 0.2) is 47.5 Å². The fourth-order valence-electron chi connectivity index (χ4n) is 2.22. The molecule has 3 rings (SSSR count). The van der Waals surface area contributed by atoms with Crippen molar-refractivity contribution in [3.63, 3.8) is 0 Å². The smallest absolute Gasteiger partial charge is 0.354 e. The molecule has 8 nitrogen and oxygen atoms in total. The largest absolute Gasteiger partial charge is 0.477 e. The molecule has 23 heavy (non-hydrogen) atoms. The number of hydrogen-bond acceptors (Lipinski definition) is 5. The van der Waals surface area contributed by atoms with Gasteiger partial charge < -0.3 is 5.11 Å². The van der Waals surface area contributed by atoms with Crippen LogP contribution in [-0.2, 0) is 17.1 Å². The van der Waals surface area contributed by atoms with Gasteiger partial charge in [0, 0.05) is 24.7 Å². The van der Waals surface area contributed by atoms with Gasteiger partial charge in [0.05, 0.1) is 10.4 Å². The zero-order valence-corrected chi connectivity index (χ0v) is 12.8. The number of aromatic carboxylic acids is 1. The van der Waals surface area contributed by atoms with Gasteiger partial charge in [-0.05, 0) is 24.3 Å². The van der Waals surface area contributed by atoms with Crippen LogP contribution in [0.5, 0.6) is 0 Å². The van der Waals surface area contributed by atoms with E-state index in [1.807, 2.05) is 0 Å². The summed E-state index contributed by atoms with van der Waals surface area (Å²) in [5, 5.41) is 13.3. The molecule has 0 atom stereocenters. The Morgan fingerprint density at radius 2 is 2.04 bits per heavy atom. The Morgan fingerprint density at radius 1 is 1.26 bits per heavy atom. The molecule has 2 N–H and O–H groups in total. The molecule has 0 unspecified atom stereocenters. The van der Waals surface area contributed by atoms with Gasteiger partial charge in [-0.15, -0.1) is 0 Å². The molecular weight excluding hydrogens is 320 g/mol. The van der Waals surface area contributed by atoms with E-state index in [1.54, 1.807) is 30.5 Å². The number of aromatic nitrogens is 3. The number of sulfonamides is 1. The van der Waals surface area contributed by atoms with Crippen LogP contribution in [0.3, 0.4) is 0 Å². The van der Waals surface area contributed by atoms with E-state index in [0.29, 0.717) is 10.9 Å². The molecule has 0 aliphatic carbocycles. The fraction of sp³-hybridized carbons (Fsp3) is 0.0714. The van der Waals surface area contributed by atoms with Gasteiger partial charge in [0.15, 0.2) is 5.82 Å². The molecule has 118 valence electrons. The Kier molecular flexibility index (Phi) is 3.49. The summed E-state index contributed by atoms with van der Waals surface area (Å²) in [4.78, 5) is 15.2. The van der Waals surface area contributed by atoms with Crippen molar-refractivity contribution < 1.29 is 18.3 Å². The minimum atomic E-state index is -3.93. The van der Waals surface area contributed by atoms with Gasteiger partial charge in [0.2, 0.25) is 0 Å². The molecular formula is C14H12N4O4S. The first kappa shape index (κ1) is 15.0. The summed E-state index contributed by atoms with van der Waals surface area (Å²) in [5.74, 6) is -1.26. The van der Waals surface area contributed by atoms with E-state index in [-0.39, 0.29) is 16.4 Å². The van der Waals surface area contributed by atoms with E-state index in [0.717, 1.165) is 10.7 Å². The van der Waals surface area contributed by atoms with Crippen molar-refractivity contribution >= 4 is 32.7 Å². The zero-order chi connectivity index (χ0) is 16.6. The lowest BCUT2D eigenvalue weighted by Crippen LogP contribution is -2.14. The number of aryl methyl sites for hydroxylation is 1. The molecule has 9 heteroatoms. The zero-order valence-electron chi connectivity index (χ0n) is 12.0. The fourth-order valence-corrected chi connectivity index (χ4v) is 3.42. The molecule has 2 aromatic heterocycles. The molecule has 3 aromatic rings. The molecule has 0 saturated carbocycles. The second kappa shape index (κ2) is 5.36. The number of nitrogens with one attached hydrogen (secondary N) is 1. The first-order valence-corrected chi connectivity index (χ1v) is 8.01. The van der Waals surface area contributed by atoms with Gasteiger partial charge in [-0.3, -0.25) is 14.4 Å². The van der Waals surface area contributed by atoms with E-state index in [2.05, 4.69) is 14.8 Å². The summed E-state index contributed by atoms with van der Waals surface area (Å²) in [7, 11) is -2.51. The molecule has 1 aromatic carbocycles. The number of carboxylic acid groups (broad SMARTS) is 1. The monoisotopic (exact) mass is 332 g/mol. The quantitative estimate of drug-likeness (QED) is 0.748. The maximum atomic E-state index is 12.6. The molecule has 0 aliphatic rings. The number of fused-ring (bicyclic) bond motifs is 1. The van der Waals surface area contributed by atoms with Gasteiger partial charge in [-0.1, -0.05) is 6.07 Å². The molecule has 0 radical (unpaired) electrons. The first-order valence-electron chi connectivity index (χ1n) is 6.52. The highest BCUT2D eigenvalue weighted by Gasteiger charge is 2.20. The van der Waals surface area contributed by atoms with Crippen molar-refractivity contribution in [3.05, 3.63) is 48.3 Å². The average Bonchev–Trinajstić information content (AvgIpc) is 2.86. The normalized spacial score (nSPS) is 11.5. The Balaban J connectivity index is 2.05. The van der Waals surface area contributed by atoms with Crippen molar-refractivity contribution in [1.82, 2.24) is 14.8 Å². The van der Waals surface area contributed by atoms with Crippen LogP contribution in [0.1, 0.15) is 10.5 Å². The predicted molar refractivity (Wildman–Crippen MR) is 82.7 cm³/mol. The molecule has 0 spiro atoms. The van der Waals surface area contributed by atoms with Crippen LogP contribution in [0.2, 0.25) is 0 Å². The van der Waals surface area contributed by atoms with Crippen molar-refractivity contribution in [1.29, 1.82) is 0 Å². The summed E-state index contributed by atoms with van der Waals surface area (Å²) in [6, 6.07) is 9.20. The van der Waals surface area contributed by atoms with Crippen molar-refractivity contribution in [3.8, 4) is 0 Å². The third-order valence-corrected chi connectivity index (χ3v) is 4.65. The average molecular weight is 332 g/mol. The van der Waals surface area contributed by atoms with Crippen LogP contribution in [0, 0.1) is 0 Å². The molecule has 0 fully saturated rings. The lowest BCUT2D eigenvalue weighted by molar-refractivity contribution is 0.0685. The Hall–Kier alpha value is -2.94. The highest BCUT2D eigenvalue weighted by molar-refractivity contribution is 7.93. The second-order valence-electron chi connectivity index (χ2n) is 4.78. The number of carboxylic acids is 1. The van der Waals surface area contributed by atoms with Gasteiger partial charge in [0.1, 0.15) is 5.69 Å². The highest BCUT2D eigenvalue weighted by Crippen LogP contribution is 2.23. The standard InChI is InChI=1S/C14H12N4O4S/c1-18-11(14(19)20)8-13(16-18)17-23(21,22)12-6-2-5-10-9(12)4-3-7-15-10/h2-8H,1H3,(H,16,17)(H,19,20). The minimum absolute atomic E-state index is 0.0469. The topological polar surface area (TPSA) is 114 Å². The molecule has 0 bridgehead atoms. The summed E-state index contributed by atoms with van der Waals surface area (Å²) < 4.78 is 28.5. The summed E-state index contributed by atoms with van der Waals surface area (Å²) >= 11 is 0. The van der Waals surface area contributed by atoms with E-state index < -0.39 is 16.0 Å². The van der Waals surface area contributed by atoms with Crippen LogP contribution < -0.4 is 4.72 Å². The number of rotatable bonds is 4. The van der Waals surface area contributed by atoms with Crippen LogP contribution >= 0.6 is 0 Å². The van der Waals surface area contributed by atoms with Crippen LogP contribution in [-0.4, -0.2) is 34.3 Å². The minimum Gasteiger partial charge on any atom is -0.477 e. The van der Waals surface area contributed by atoms with Crippen molar-refractivity contribution in [2.45, 2.75) is 4.90 Å². The molecule has 2 heterocycles. The van der Waals surface area contributed by atoms with E-state index in [1.165, 1.54) is 13.1 Å². The maximum absolute atomic E-state index is 12.6. The second-order valence-corrected chi connectivity index (χ2v) is 6.43. The number of nitrogens with zero attached hydrogens (tertiary/aromatic N) is 3. The third-order valence-electron chi connectivity index (χ3n) is 3.23. The van der Waals surface area contributed by atoms with Gasteiger partial charge >= 0.3 is 5.97 Å². The number of anilines is 1. The lowest BCUT2D eigenvalue weighted by atomic mass is 10.2. The number of pyridine rings is 1. The summed E-state index contributed by atoms with van der Waals surface area (Å²) in [6.07, 6.45) is 1.57. The molecule has 0 aliphatic heterocycles. The van der Waals surface area contributed by atoms with E-state index in [9.17, 15) is 13.2 Å². The van der Waals surface area contributed by atoms with Crippen LogP contribution in [0.4, 0.5) is 5.82 Å². The van der Waals surface area contributed by atoms with Crippen molar-refractivity contribution in [2.75, 3.05) is 4.72 Å². The maximum Gasteiger partial charge on any atom is 0.354 e. The summed E-state index contributed by atoms with van der Waals surface area (Å²) in [6.45, 7) is 0. The lowest BCUT2D eigenvalue weighted by Gasteiger charge is -2.08. The van der Waals surface area contributed by atoms with Crippen molar-refractivity contribution in [2.24, 2.45) is 7.05 Å². The summed E-state index contributed by atoms with van der Waals surface area (Å²) in [5.41, 5.74) is 0.421. The number of carbonyl (C=O) groups is 1. The Morgan fingerprint density at radius 3 is 2.74 bits per heavy atom. The van der Waals surface area contributed by atoms with Gasteiger partial charge in [-0.2, -0.15) is 5.10 Å². The van der Waals surface area contributed by atoms with E-state index >= 15 is 0 Å². The Labute approximate surface area is 131 Å². The number of hydrogen-bond donors (Lipinski definition) is 2. The Bertz CT molecular complexity index is 1010. The highest BCUT2D eigenvalue weighted by atomic mass is 32.2. The number of benzene rings is 1. The van der Waals surface area contributed by atoms with E-state index in [4.69, 9.17) is 5.11 Å². The molecule has 0 saturated heterocycles. The SMILES string of the molecule is Cn1nc(NS(=O)(=O)c2cccc3ncccc23)cc1C(=O)O.